The molecule has 0 heterocycles. The Balaban J connectivity index is 2.25. The molecule has 2 aliphatic rings. The van der Waals surface area contributed by atoms with Crippen LogP contribution in [-0.4, -0.2) is 29.4 Å². The lowest BCUT2D eigenvalue weighted by Gasteiger charge is -2.55. The van der Waals surface area contributed by atoms with E-state index in [1.54, 1.807) is 6.08 Å². The van der Waals surface area contributed by atoms with Crippen molar-refractivity contribution >= 4 is 17.7 Å². The minimum absolute atomic E-state index is 0.00167. The quantitative estimate of drug-likeness (QED) is 0.551. The van der Waals surface area contributed by atoms with Gasteiger partial charge in [-0.1, -0.05) is 32.8 Å². The van der Waals surface area contributed by atoms with E-state index >= 15 is 0 Å². The van der Waals surface area contributed by atoms with Crippen LogP contribution in [0.2, 0.25) is 0 Å². The highest BCUT2D eigenvalue weighted by Crippen LogP contribution is 2.59. The van der Waals surface area contributed by atoms with Gasteiger partial charge in [0, 0.05) is 18.9 Å². The summed E-state index contributed by atoms with van der Waals surface area (Å²) in [5.41, 5.74) is 1.53. The van der Waals surface area contributed by atoms with Crippen molar-refractivity contribution in [2.24, 2.45) is 22.7 Å². The van der Waals surface area contributed by atoms with Crippen molar-refractivity contribution < 1.29 is 24.2 Å². The maximum Gasteiger partial charge on any atom is 0.328 e. The first-order valence-electron chi connectivity index (χ1n) is 9.75. The Hall–Kier alpha value is -1.91. The average molecular weight is 376 g/mol. The fourth-order valence-corrected chi connectivity index (χ4v) is 5.56. The maximum absolute atomic E-state index is 12.8. The van der Waals surface area contributed by atoms with Gasteiger partial charge in [-0.25, -0.2) is 4.79 Å². The van der Waals surface area contributed by atoms with Crippen molar-refractivity contribution in [3.63, 3.8) is 0 Å². The van der Waals surface area contributed by atoms with Crippen LogP contribution in [0.5, 0.6) is 0 Å². The number of hydrogen-bond donors (Lipinski definition) is 1. The van der Waals surface area contributed by atoms with Gasteiger partial charge in [-0.2, -0.15) is 0 Å². The van der Waals surface area contributed by atoms with Gasteiger partial charge in [-0.05, 0) is 61.0 Å². The molecule has 3 atom stereocenters. The van der Waals surface area contributed by atoms with Crippen molar-refractivity contribution in [3.05, 3.63) is 23.3 Å². The predicted octanol–water partition coefficient (Wildman–Crippen LogP) is 4.32. The number of hydrogen-bond acceptors (Lipinski definition) is 4. The number of carboxylic acids is 1. The summed E-state index contributed by atoms with van der Waals surface area (Å²) in [6.07, 6.45) is 7.38. The second-order valence-corrected chi connectivity index (χ2v) is 9.08. The molecule has 2 aliphatic carbocycles. The topological polar surface area (TPSA) is 80.7 Å². The second-order valence-electron chi connectivity index (χ2n) is 9.08. The highest BCUT2D eigenvalue weighted by atomic mass is 16.5. The zero-order valence-electron chi connectivity index (χ0n) is 17.1. The minimum atomic E-state index is -1.04. The van der Waals surface area contributed by atoms with Gasteiger partial charge in [0.1, 0.15) is 6.61 Å². The van der Waals surface area contributed by atoms with Crippen LogP contribution in [0.4, 0.5) is 0 Å². The number of esters is 1. The molecule has 0 amide bonds. The van der Waals surface area contributed by atoms with E-state index in [1.165, 1.54) is 6.92 Å². The fourth-order valence-electron chi connectivity index (χ4n) is 5.56. The smallest absolute Gasteiger partial charge is 0.328 e. The molecule has 0 aromatic carbocycles. The molecule has 1 saturated carbocycles. The number of carbonyl (C=O) groups excluding carboxylic acids is 2. The molecule has 27 heavy (non-hydrogen) atoms. The molecule has 0 aromatic heterocycles. The van der Waals surface area contributed by atoms with Crippen molar-refractivity contribution in [2.75, 3.05) is 6.61 Å². The number of carbonyl (C=O) groups is 3. The zero-order valence-corrected chi connectivity index (χ0v) is 17.1. The van der Waals surface area contributed by atoms with E-state index in [-0.39, 0.29) is 35.1 Å². The summed E-state index contributed by atoms with van der Waals surface area (Å²) >= 11 is 0. The lowest BCUT2D eigenvalue weighted by atomic mass is 9.48. The molecule has 0 aromatic rings. The molecule has 0 saturated heterocycles. The van der Waals surface area contributed by atoms with E-state index in [1.807, 2.05) is 6.92 Å². The molecular formula is C22H32O5. The lowest BCUT2D eigenvalue weighted by molar-refractivity contribution is -0.140. The second kappa shape index (κ2) is 7.99. The van der Waals surface area contributed by atoms with Crippen LogP contribution in [0.25, 0.3) is 0 Å². The normalized spacial score (nSPS) is 30.3. The van der Waals surface area contributed by atoms with Crippen LogP contribution in [0, 0.1) is 22.7 Å². The summed E-state index contributed by atoms with van der Waals surface area (Å²) in [4.78, 5) is 35.1. The summed E-state index contributed by atoms with van der Waals surface area (Å²) < 4.78 is 5.01. The largest absolute Gasteiger partial charge is 0.478 e. The number of ether oxygens (including phenoxy) is 1. The van der Waals surface area contributed by atoms with Gasteiger partial charge in [-0.3, -0.25) is 9.59 Å². The van der Waals surface area contributed by atoms with Crippen LogP contribution in [-0.2, 0) is 19.1 Å². The Morgan fingerprint density at radius 1 is 1.30 bits per heavy atom. The van der Waals surface area contributed by atoms with Gasteiger partial charge in [0.25, 0.3) is 0 Å². The summed E-state index contributed by atoms with van der Waals surface area (Å²) in [5, 5.41) is 9.11. The van der Waals surface area contributed by atoms with E-state index in [0.29, 0.717) is 12.0 Å². The van der Waals surface area contributed by atoms with Crippen molar-refractivity contribution in [2.45, 2.75) is 66.7 Å². The van der Waals surface area contributed by atoms with Crippen LogP contribution in [0.15, 0.2) is 23.3 Å². The third-order valence-electron chi connectivity index (χ3n) is 6.52. The van der Waals surface area contributed by atoms with Crippen LogP contribution >= 0.6 is 0 Å². The monoisotopic (exact) mass is 376 g/mol. The third-order valence-corrected chi connectivity index (χ3v) is 6.52. The van der Waals surface area contributed by atoms with E-state index in [9.17, 15) is 14.4 Å². The first-order chi connectivity index (χ1) is 12.5. The number of ketones is 1. The van der Waals surface area contributed by atoms with Crippen molar-refractivity contribution in [1.29, 1.82) is 0 Å². The highest BCUT2D eigenvalue weighted by molar-refractivity contribution is 5.95. The third kappa shape index (κ3) is 4.69. The molecule has 150 valence electrons. The summed E-state index contributed by atoms with van der Waals surface area (Å²) in [5.74, 6) is -1.02. The molecule has 0 unspecified atom stereocenters. The van der Waals surface area contributed by atoms with Crippen molar-refractivity contribution in [1.82, 2.24) is 0 Å². The minimum Gasteiger partial charge on any atom is -0.478 e. The van der Waals surface area contributed by atoms with Gasteiger partial charge in [-0.15, -0.1) is 0 Å². The predicted molar refractivity (Wildman–Crippen MR) is 103 cm³/mol. The SMILES string of the molecule is CC(=O)OC/C(=C/C(=O)O)CC[C@@H]1C(C)=CC(=O)[C@@H]2C(C)(C)CCC[C@@]12C. The number of aliphatic carboxylic acids is 1. The molecule has 0 bridgehead atoms. The maximum atomic E-state index is 12.8. The Labute approximate surface area is 161 Å². The first-order valence-corrected chi connectivity index (χ1v) is 9.75. The molecule has 5 heteroatoms. The van der Waals surface area contributed by atoms with Gasteiger partial charge in [0.05, 0.1) is 0 Å². The van der Waals surface area contributed by atoms with Crippen LogP contribution < -0.4 is 0 Å². The molecule has 1 fully saturated rings. The zero-order chi connectivity index (χ0) is 20.4. The molecule has 2 rings (SSSR count). The molecule has 0 aliphatic heterocycles. The number of fused-ring (bicyclic) bond motifs is 1. The molecule has 5 nitrogen and oxygen atoms in total. The first kappa shape index (κ1) is 21.4. The number of rotatable bonds is 6. The van der Waals surface area contributed by atoms with Gasteiger partial charge in [0.15, 0.2) is 5.78 Å². The molecule has 1 N–H and O–H groups in total. The fraction of sp³-hybridized carbons (Fsp3) is 0.682. The highest BCUT2D eigenvalue weighted by Gasteiger charge is 2.55. The lowest BCUT2D eigenvalue weighted by Crippen LogP contribution is -2.52. The van der Waals surface area contributed by atoms with E-state index in [0.717, 1.165) is 37.3 Å². The summed E-state index contributed by atoms with van der Waals surface area (Å²) in [6, 6.07) is 0. The Morgan fingerprint density at radius 3 is 2.56 bits per heavy atom. The molecule has 0 spiro atoms. The standard InChI is InChI=1S/C22H32O5/c1-14-11-18(24)20-21(3,4)9-6-10-22(20,5)17(14)8-7-16(12-19(25)26)13-27-15(2)23/h11-12,17,20H,6-10,13H2,1-5H3,(H,25,26)/b16-12+/t17-,20-,22+/m1/s1. The Morgan fingerprint density at radius 2 is 1.96 bits per heavy atom. The van der Waals surface area contributed by atoms with Gasteiger partial charge < -0.3 is 9.84 Å². The van der Waals surface area contributed by atoms with Crippen molar-refractivity contribution in [3.8, 4) is 0 Å². The molecular weight excluding hydrogens is 344 g/mol. The van der Waals surface area contributed by atoms with Gasteiger partial charge >= 0.3 is 11.9 Å². The molecule has 0 radical (unpaired) electrons. The Bertz CT molecular complexity index is 685. The summed E-state index contributed by atoms with van der Waals surface area (Å²) in [7, 11) is 0. The number of carboxylic acid groups (broad SMARTS) is 1. The summed E-state index contributed by atoms with van der Waals surface area (Å²) in [6.45, 7) is 9.93. The van der Waals surface area contributed by atoms with E-state index in [2.05, 4.69) is 20.8 Å². The van der Waals surface area contributed by atoms with Gasteiger partial charge in [0.2, 0.25) is 0 Å². The average Bonchev–Trinajstić information content (AvgIpc) is 2.49. The Kier molecular flexibility index (Phi) is 6.33. The van der Waals surface area contributed by atoms with E-state index in [4.69, 9.17) is 9.84 Å². The number of allylic oxidation sites excluding steroid dienone is 2. The van der Waals surface area contributed by atoms with Crippen LogP contribution in [0.3, 0.4) is 0 Å². The van der Waals surface area contributed by atoms with Crippen LogP contribution in [0.1, 0.15) is 66.7 Å². The van der Waals surface area contributed by atoms with E-state index < -0.39 is 11.9 Å².